The molecule has 5 rings (SSSR count). The van der Waals surface area contributed by atoms with Gasteiger partial charge in [-0.3, -0.25) is 0 Å². The van der Waals surface area contributed by atoms with Gasteiger partial charge in [-0.25, -0.2) is 19.2 Å². The Kier molecular flexibility index (Phi) is 4.15. The zero-order valence-corrected chi connectivity index (χ0v) is 16.3. The smallest absolute Gasteiger partial charge is 0.323 e. The Bertz CT molecular complexity index is 1080. The Balaban J connectivity index is 1.26. The number of nitrogens with one attached hydrogen (secondary N) is 3. The van der Waals surface area contributed by atoms with Crippen molar-refractivity contribution in [1.82, 2.24) is 15.0 Å². The maximum atomic E-state index is 13.4. The molecular weight excluding hydrogens is 371 g/mol. The van der Waals surface area contributed by atoms with Gasteiger partial charge in [-0.15, -0.1) is 0 Å². The van der Waals surface area contributed by atoms with Crippen molar-refractivity contribution in [3.8, 4) is 0 Å². The number of hydrogen-bond donors (Lipinski definition) is 3. The van der Waals surface area contributed by atoms with E-state index in [4.69, 9.17) is 0 Å². The molecule has 2 amide bonds. The fourth-order valence-electron chi connectivity index (χ4n) is 4.20. The molecule has 1 saturated heterocycles. The summed E-state index contributed by atoms with van der Waals surface area (Å²) in [5, 5.41) is 6.04. The van der Waals surface area contributed by atoms with Crippen molar-refractivity contribution in [3.63, 3.8) is 0 Å². The van der Waals surface area contributed by atoms with E-state index in [-0.39, 0.29) is 0 Å². The molecule has 0 unspecified atom stereocenters. The van der Waals surface area contributed by atoms with Gasteiger partial charge in [0, 0.05) is 24.7 Å². The van der Waals surface area contributed by atoms with Crippen LogP contribution in [0.25, 0.3) is 11.0 Å². The fraction of sp³-hybridized carbons (Fsp3) is 0.381. The van der Waals surface area contributed by atoms with Crippen LogP contribution >= 0.6 is 0 Å². The highest BCUT2D eigenvalue weighted by Crippen LogP contribution is 2.53. The van der Waals surface area contributed by atoms with E-state index >= 15 is 0 Å². The number of carbonyl (C=O) groups is 1. The molecule has 2 fully saturated rings. The van der Waals surface area contributed by atoms with Gasteiger partial charge in [-0.2, -0.15) is 0 Å². The summed E-state index contributed by atoms with van der Waals surface area (Å²) in [5.74, 6) is 0.533. The predicted octanol–water partition coefficient (Wildman–Crippen LogP) is 4.43. The van der Waals surface area contributed by atoms with Crippen LogP contribution in [0, 0.1) is 18.2 Å². The lowest BCUT2D eigenvalue weighted by Gasteiger charge is -2.33. The van der Waals surface area contributed by atoms with Gasteiger partial charge in [0.25, 0.3) is 0 Å². The van der Waals surface area contributed by atoms with Gasteiger partial charge in [-0.05, 0) is 55.7 Å². The van der Waals surface area contributed by atoms with Crippen LogP contribution in [0.1, 0.15) is 31.2 Å². The molecule has 4 heterocycles. The molecule has 150 valence electrons. The summed E-state index contributed by atoms with van der Waals surface area (Å²) in [7, 11) is 0. The zero-order valence-electron chi connectivity index (χ0n) is 16.3. The second-order valence-electron chi connectivity index (χ2n) is 8.18. The third kappa shape index (κ3) is 3.50. The van der Waals surface area contributed by atoms with Crippen LogP contribution in [0.2, 0.25) is 0 Å². The SMILES string of the molecule is Cc1cc(NC(=O)Nc2c[nH]c3ncc(F)cc23)cnc1N1CCC2(CC1)CC2. The van der Waals surface area contributed by atoms with Crippen LogP contribution in [0.3, 0.4) is 0 Å². The molecule has 1 saturated carbocycles. The molecule has 29 heavy (non-hydrogen) atoms. The number of hydrogen-bond acceptors (Lipinski definition) is 4. The minimum atomic E-state index is -0.457. The van der Waals surface area contributed by atoms with Gasteiger partial charge in [0.15, 0.2) is 0 Å². The Labute approximate surface area is 167 Å². The summed E-state index contributed by atoms with van der Waals surface area (Å²) in [6.07, 6.45) is 9.65. The molecule has 0 atom stereocenters. The highest BCUT2D eigenvalue weighted by atomic mass is 19.1. The summed E-state index contributed by atoms with van der Waals surface area (Å²) in [6, 6.07) is 2.84. The Morgan fingerprint density at radius 2 is 1.93 bits per heavy atom. The van der Waals surface area contributed by atoms with Crippen molar-refractivity contribution in [2.45, 2.75) is 32.6 Å². The standard InChI is InChI=1S/C21H23FN6O/c1-13-8-15(11-25-19(13)28-6-4-21(2-3-21)5-7-28)26-20(29)27-17-12-24-18-16(17)9-14(22)10-23-18/h8-12H,2-7H2,1H3,(H,23,24)(H2,26,27,29). The summed E-state index contributed by atoms with van der Waals surface area (Å²) < 4.78 is 13.4. The number of pyridine rings is 2. The summed E-state index contributed by atoms with van der Waals surface area (Å²) in [5.41, 5.74) is 3.26. The van der Waals surface area contributed by atoms with Crippen molar-refractivity contribution in [3.05, 3.63) is 42.1 Å². The van der Waals surface area contributed by atoms with E-state index in [1.165, 1.54) is 31.7 Å². The van der Waals surface area contributed by atoms with E-state index < -0.39 is 11.8 Å². The predicted molar refractivity (Wildman–Crippen MR) is 111 cm³/mol. The number of piperidine rings is 1. The molecule has 1 aliphatic carbocycles. The summed E-state index contributed by atoms with van der Waals surface area (Å²) >= 11 is 0. The summed E-state index contributed by atoms with van der Waals surface area (Å²) in [6.45, 7) is 4.11. The minimum absolute atomic E-state index is 0.419. The van der Waals surface area contributed by atoms with Gasteiger partial charge in [0.2, 0.25) is 0 Å². The van der Waals surface area contributed by atoms with Crippen LogP contribution < -0.4 is 15.5 Å². The van der Waals surface area contributed by atoms with Crippen LogP contribution in [0.5, 0.6) is 0 Å². The van der Waals surface area contributed by atoms with Crippen LogP contribution in [-0.4, -0.2) is 34.1 Å². The molecule has 1 spiro atoms. The number of H-pyrrole nitrogens is 1. The number of halogens is 1. The lowest BCUT2D eigenvalue weighted by atomic mass is 9.93. The molecule has 3 N–H and O–H groups in total. The van der Waals surface area contributed by atoms with E-state index in [2.05, 4.69) is 30.5 Å². The Hall–Kier alpha value is -3.16. The number of fused-ring (bicyclic) bond motifs is 1. The second kappa shape index (κ2) is 6.72. The maximum absolute atomic E-state index is 13.4. The summed E-state index contributed by atoms with van der Waals surface area (Å²) in [4.78, 5) is 26.2. The lowest BCUT2D eigenvalue weighted by molar-refractivity contribution is 0.262. The molecule has 8 heteroatoms. The molecule has 3 aromatic heterocycles. The number of amides is 2. The van der Waals surface area contributed by atoms with E-state index in [0.29, 0.717) is 27.8 Å². The number of anilines is 3. The van der Waals surface area contributed by atoms with Crippen molar-refractivity contribution in [1.29, 1.82) is 0 Å². The lowest BCUT2D eigenvalue weighted by Crippen LogP contribution is -2.35. The number of aromatic amines is 1. The van der Waals surface area contributed by atoms with Crippen molar-refractivity contribution in [2.75, 3.05) is 28.6 Å². The highest BCUT2D eigenvalue weighted by Gasteiger charge is 2.44. The first-order chi connectivity index (χ1) is 14.0. The quantitative estimate of drug-likeness (QED) is 0.613. The number of aryl methyl sites for hydroxylation is 1. The van der Waals surface area contributed by atoms with Gasteiger partial charge in [0.05, 0.1) is 23.8 Å². The number of urea groups is 1. The van der Waals surface area contributed by atoms with Gasteiger partial charge in [0.1, 0.15) is 17.3 Å². The topological polar surface area (TPSA) is 85.9 Å². The first kappa shape index (κ1) is 17.9. The normalized spacial score (nSPS) is 17.5. The molecule has 0 radical (unpaired) electrons. The average molecular weight is 394 g/mol. The highest BCUT2D eigenvalue weighted by molar-refractivity contribution is 6.05. The third-order valence-electron chi connectivity index (χ3n) is 6.14. The van der Waals surface area contributed by atoms with Gasteiger partial charge < -0.3 is 20.5 Å². The van der Waals surface area contributed by atoms with Crippen LogP contribution in [0.15, 0.2) is 30.7 Å². The van der Waals surface area contributed by atoms with Gasteiger partial charge >= 0.3 is 6.03 Å². The molecule has 7 nitrogen and oxygen atoms in total. The van der Waals surface area contributed by atoms with Crippen molar-refractivity contribution >= 4 is 34.3 Å². The molecule has 0 aromatic carbocycles. The van der Waals surface area contributed by atoms with Crippen molar-refractivity contribution < 1.29 is 9.18 Å². The van der Waals surface area contributed by atoms with E-state index in [9.17, 15) is 9.18 Å². The number of carbonyl (C=O) groups excluding carboxylic acids is 1. The number of rotatable bonds is 3. The fourth-order valence-corrected chi connectivity index (χ4v) is 4.20. The van der Waals surface area contributed by atoms with E-state index in [1.807, 2.05) is 13.0 Å². The van der Waals surface area contributed by atoms with Crippen LogP contribution in [-0.2, 0) is 0 Å². The average Bonchev–Trinajstić information content (AvgIpc) is 3.34. The van der Waals surface area contributed by atoms with E-state index in [0.717, 1.165) is 30.7 Å². The van der Waals surface area contributed by atoms with Crippen LogP contribution in [0.4, 0.5) is 26.4 Å². The maximum Gasteiger partial charge on any atom is 0.323 e. The largest absolute Gasteiger partial charge is 0.356 e. The number of nitrogens with zero attached hydrogens (tertiary/aromatic N) is 3. The first-order valence-corrected chi connectivity index (χ1v) is 9.94. The molecule has 1 aliphatic heterocycles. The Morgan fingerprint density at radius 1 is 1.14 bits per heavy atom. The second-order valence-corrected chi connectivity index (χ2v) is 8.18. The molecule has 0 bridgehead atoms. The minimum Gasteiger partial charge on any atom is -0.356 e. The van der Waals surface area contributed by atoms with Gasteiger partial charge in [-0.1, -0.05) is 0 Å². The monoisotopic (exact) mass is 394 g/mol. The molecular formula is C21H23FN6O. The Morgan fingerprint density at radius 3 is 2.66 bits per heavy atom. The third-order valence-corrected chi connectivity index (χ3v) is 6.14. The zero-order chi connectivity index (χ0) is 20.0. The molecule has 2 aliphatic rings. The van der Waals surface area contributed by atoms with Crippen molar-refractivity contribution in [2.24, 2.45) is 5.41 Å². The molecule has 3 aromatic rings. The van der Waals surface area contributed by atoms with E-state index in [1.54, 1.807) is 12.4 Å². The first-order valence-electron chi connectivity index (χ1n) is 9.94. The number of aromatic nitrogens is 3.